The number of aromatic nitrogens is 1. The summed E-state index contributed by atoms with van der Waals surface area (Å²) in [6.07, 6.45) is 3.51. The topological polar surface area (TPSA) is 54.6 Å². The lowest BCUT2D eigenvalue weighted by Crippen LogP contribution is -2.38. The van der Waals surface area contributed by atoms with Crippen molar-refractivity contribution < 1.29 is 5.11 Å². The van der Waals surface area contributed by atoms with Gasteiger partial charge in [-0.05, 0) is 59.7 Å². The first-order valence-electron chi connectivity index (χ1n) is 10.2. The van der Waals surface area contributed by atoms with Crippen LogP contribution in [0.25, 0.3) is 11.8 Å². The summed E-state index contributed by atoms with van der Waals surface area (Å²) in [7, 11) is 0. The molecule has 32 heavy (non-hydrogen) atoms. The van der Waals surface area contributed by atoms with Gasteiger partial charge in [0.05, 0.1) is 16.3 Å². The minimum Gasteiger partial charge on any atom is -0.507 e. The Balaban J connectivity index is 1.63. The minimum absolute atomic E-state index is 0.0864. The highest BCUT2D eigenvalue weighted by molar-refractivity contribution is 7.10. The zero-order chi connectivity index (χ0) is 21.8. The van der Waals surface area contributed by atoms with Crippen LogP contribution in [0.3, 0.4) is 0 Å². The highest BCUT2D eigenvalue weighted by Crippen LogP contribution is 2.42. The number of fused-ring (bicyclic) bond motifs is 3. The van der Waals surface area contributed by atoms with Gasteiger partial charge in [0.1, 0.15) is 5.75 Å². The lowest BCUT2D eigenvalue weighted by atomic mass is 9.85. The van der Waals surface area contributed by atoms with E-state index in [-0.39, 0.29) is 17.4 Å². The second-order valence-corrected chi connectivity index (χ2v) is 10.3. The van der Waals surface area contributed by atoms with Crippen molar-refractivity contribution in [3.8, 4) is 5.75 Å². The molecular weight excluding hydrogens is 460 g/mol. The molecule has 2 aromatic carbocycles. The molecule has 0 spiro atoms. The molecule has 1 aliphatic carbocycles. The van der Waals surface area contributed by atoms with Crippen molar-refractivity contribution >= 4 is 46.0 Å². The molecule has 6 rings (SSSR count). The summed E-state index contributed by atoms with van der Waals surface area (Å²) in [4.78, 5) is 20.4. The van der Waals surface area contributed by atoms with Crippen molar-refractivity contribution in [3.05, 3.63) is 112 Å². The number of allylic oxidation sites excluding steroid dienone is 1. The van der Waals surface area contributed by atoms with Gasteiger partial charge < -0.3 is 5.11 Å². The number of hydrogen-bond donors (Lipinski definition) is 1. The van der Waals surface area contributed by atoms with Gasteiger partial charge in [-0.3, -0.25) is 9.36 Å². The predicted octanol–water partition coefficient (Wildman–Crippen LogP) is 4.74. The number of thiazole rings is 1. The van der Waals surface area contributed by atoms with Gasteiger partial charge in [0.15, 0.2) is 4.80 Å². The summed E-state index contributed by atoms with van der Waals surface area (Å²) in [5.41, 5.74) is 5.05. The van der Waals surface area contributed by atoms with E-state index in [1.165, 1.54) is 28.5 Å². The number of halogens is 1. The largest absolute Gasteiger partial charge is 0.507 e. The minimum atomic E-state index is -0.162. The Morgan fingerprint density at radius 3 is 2.84 bits per heavy atom. The van der Waals surface area contributed by atoms with Gasteiger partial charge in [-0.2, -0.15) is 0 Å². The van der Waals surface area contributed by atoms with Crippen LogP contribution in [0.1, 0.15) is 34.0 Å². The Morgan fingerprint density at radius 2 is 2.00 bits per heavy atom. The molecule has 0 amide bonds. The summed E-state index contributed by atoms with van der Waals surface area (Å²) in [6.45, 7) is 0. The molecule has 0 bridgehead atoms. The zero-order valence-electron chi connectivity index (χ0n) is 16.8. The average molecular weight is 477 g/mol. The maximum absolute atomic E-state index is 13.6. The van der Waals surface area contributed by atoms with Crippen molar-refractivity contribution in [1.82, 2.24) is 4.57 Å². The molecule has 7 heteroatoms. The Kier molecular flexibility index (Phi) is 4.68. The second-order valence-electron chi connectivity index (χ2n) is 7.83. The van der Waals surface area contributed by atoms with Crippen LogP contribution in [0.4, 0.5) is 0 Å². The number of rotatable bonds is 2. The first-order valence-corrected chi connectivity index (χ1v) is 12.3. The maximum Gasteiger partial charge on any atom is 0.271 e. The average Bonchev–Trinajstić information content (AvgIpc) is 3.43. The van der Waals surface area contributed by atoms with E-state index in [2.05, 4.69) is 24.3 Å². The van der Waals surface area contributed by atoms with E-state index in [1.54, 1.807) is 29.5 Å². The third-order valence-corrected chi connectivity index (χ3v) is 8.10. The van der Waals surface area contributed by atoms with Crippen LogP contribution < -0.4 is 14.9 Å². The Morgan fingerprint density at radius 1 is 1.12 bits per heavy atom. The van der Waals surface area contributed by atoms with Crippen LogP contribution in [-0.2, 0) is 6.42 Å². The molecule has 4 nitrogen and oxygen atoms in total. The molecule has 1 aliphatic heterocycles. The van der Waals surface area contributed by atoms with Crippen molar-refractivity contribution in [1.29, 1.82) is 0 Å². The van der Waals surface area contributed by atoms with Crippen molar-refractivity contribution in [2.45, 2.75) is 18.9 Å². The van der Waals surface area contributed by atoms with Crippen LogP contribution >= 0.6 is 34.3 Å². The van der Waals surface area contributed by atoms with E-state index in [0.29, 0.717) is 19.9 Å². The quantitative estimate of drug-likeness (QED) is 0.454. The third-order valence-electron chi connectivity index (χ3n) is 5.96. The first-order chi connectivity index (χ1) is 15.6. The number of hydrogen-bond acceptors (Lipinski definition) is 5. The number of benzene rings is 2. The lowest BCUT2D eigenvalue weighted by Gasteiger charge is -2.30. The van der Waals surface area contributed by atoms with E-state index in [9.17, 15) is 9.90 Å². The number of aromatic hydroxyl groups is 1. The maximum atomic E-state index is 13.6. The highest BCUT2D eigenvalue weighted by atomic mass is 35.5. The Hall–Kier alpha value is -2.93. The molecule has 2 aliphatic rings. The Labute approximate surface area is 196 Å². The standard InChI is InChI=1S/C25H17ClN2O2S2/c26-16-8-10-19(29)15(12-16)13-21-24(30)28-23(20-6-3-11-31-20)18-9-7-14-4-1-2-5-17(14)22(18)27-25(28)32-21/h1-6,8,10-13,23,29H,7,9H2/b21-13+/t23-/m1/s1. The summed E-state index contributed by atoms with van der Waals surface area (Å²) in [6, 6.07) is 17.2. The molecule has 0 saturated carbocycles. The van der Waals surface area contributed by atoms with Gasteiger partial charge in [0.2, 0.25) is 0 Å². The Bertz CT molecular complexity index is 1580. The second kappa shape index (κ2) is 7.59. The molecule has 1 N–H and O–H groups in total. The van der Waals surface area contributed by atoms with Gasteiger partial charge in [-0.1, -0.05) is 53.3 Å². The fraction of sp³-hybridized carbons (Fsp3) is 0.120. The molecule has 1 atom stereocenters. The molecule has 0 fully saturated rings. The smallest absolute Gasteiger partial charge is 0.271 e. The van der Waals surface area contributed by atoms with E-state index in [0.717, 1.165) is 29.0 Å². The van der Waals surface area contributed by atoms with Gasteiger partial charge in [0.25, 0.3) is 5.56 Å². The number of nitrogens with zero attached hydrogens (tertiary/aromatic N) is 2. The number of phenols is 1. The van der Waals surface area contributed by atoms with Crippen molar-refractivity contribution in [2.24, 2.45) is 4.99 Å². The van der Waals surface area contributed by atoms with E-state index >= 15 is 0 Å². The fourth-order valence-corrected chi connectivity index (χ4v) is 6.52. The van der Waals surface area contributed by atoms with E-state index in [4.69, 9.17) is 16.6 Å². The zero-order valence-corrected chi connectivity index (χ0v) is 19.2. The fourth-order valence-electron chi connectivity index (χ4n) is 4.50. The van der Waals surface area contributed by atoms with Crippen LogP contribution in [0.5, 0.6) is 5.75 Å². The molecule has 0 unspecified atom stereocenters. The molecule has 158 valence electrons. The highest BCUT2D eigenvalue weighted by Gasteiger charge is 2.32. The molecule has 2 aromatic heterocycles. The monoisotopic (exact) mass is 476 g/mol. The van der Waals surface area contributed by atoms with Gasteiger partial charge in [-0.15, -0.1) is 11.3 Å². The van der Waals surface area contributed by atoms with Crippen LogP contribution in [-0.4, -0.2) is 9.67 Å². The van der Waals surface area contributed by atoms with Crippen molar-refractivity contribution in [3.63, 3.8) is 0 Å². The van der Waals surface area contributed by atoms with E-state index < -0.39 is 0 Å². The van der Waals surface area contributed by atoms with Crippen LogP contribution in [0, 0.1) is 0 Å². The molecule has 0 saturated heterocycles. The molecule has 3 heterocycles. The van der Waals surface area contributed by atoms with Gasteiger partial charge >= 0.3 is 0 Å². The molecule has 4 aromatic rings. The van der Waals surface area contributed by atoms with Crippen LogP contribution in [0.15, 0.2) is 75.3 Å². The number of thiophene rings is 1. The normalized spacial score (nSPS) is 17.5. The third kappa shape index (κ3) is 3.10. The summed E-state index contributed by atoms with van der Waals surface area (Å²) in [5, 5.41) is 12.8. The molecular formula is C25H17ClN2O2S2. The van der Waals surface area contributed by atoms with Gasteiger partial charge in [0, 0.05) is 21.0 Å². The lowest BCUT2D eigenvalue weighted by molar-refractivity contribution is 0.474. The predicted molar refractivity (Wildman–Crippen MR) is 130 cm³/mol. The molecule has 0 radical (unpaired) electrons. The summed E-state index contributed by atoms with van der Waals surface area (Å²) in [5.74, 6) is 0.0864. The number of phenolic OH excluding ortho intramolecular Hbond substituents is 1. The van der Waals surface area contributed by atoms with Gasteiger partial charge in [-0.25, -0.2) is 4.99 Å². The SMILES string of the molecule is O=c1/c(=C\c2cc(Cl)ccc2O)sc2n1[C@@H](c1cccs1)C1=C(N=2)c2ccccc2CC1. The van der Waals surface area contributed by atoms with E-state index in [1.807, 2.05) is 22.1 Å². The van der Waals surface area contributed by atoms with Crippen LogP contribution in [0.2, 0.25) is 5.02 Å². The summed E-state index contributed by atoms with van der Waals surface area (Å²) < 4.78 is 2.34. The first kappa shape index (κ1) is 19.7. The van der Waals surface area contributed by atoms with Crippen molar-refractivity contribution in [2.75, 3.05) is 0 Å². The summed E-state index contributed by atoms with van der Waals surface area (Å²) >= 11 is 9.12. The number of aryl methyl sites for hydroxylation is 1.